The van der Waals surface area contributed by atoms with E-state index in [9.17, 15) is 18.3 Å². The molecule has 25 heavy (non-hydrogen) atoms. The largest absolute Gasteiger partial charge is 0.478 e. The minimum atomic E-state index is -3.92. The van der Waals surface area contributed by atoms with Gasteiger partial charge in [-0.2, -0.15) is 0 Å². The zero-order chi connectivity index (χ0) is 18.2. The van der Waals surface area contributed by atoms with Gasteiger partial charge in [0.05, 0.1) is 16.0 Å². The number of hydrogen-bond donors (Lipinski definition) is 1. The third-order valence-corrected chi connectivity index (χ3v) is 5.83. The quantitative estimate of drug-likeness (QED) is 0.755. The molecule has 0 aliphatic rings. The molecule has 0 unspecified atom stereocenters. The third-order valence-electron chi connectivity index (χ3n) is 4.16. The average molecular weight is 355 g/mol. The molecule has 0 amide bonds. The van der Waals surface area contributed by atoms with Crippen molar-refractivity contribution >= 4 is 33.0 Å². The van der Waals surface area contributed by atoms with E-state index >= 15 is 0 Å². The summed E-state index contributed by atoms with van der Waals surface area (Å²) in [6, 6.07) is 11.5. The van der Waals surface area contributed by atoms with Gasteiger partial charge in [-0.15, -0.1) is 0 Å². The van der Waals surface area contributed by atoms with Crippen molar-refractivity contribution in [3.05, 3.63) is 71.9 Å². The second-order valence-electron chi connectivity index (χ2n) is 5.59. The predicted molar refractivity (Wildman–Crippen MR) is 97.4 cm³/mol. The highest BCUT2D eigenvalue weighted by Gasteiger charge is 2.24. The Labute approximate surface area is 145 Å². The van der Waals surface area contributed by atoms with E-state index < -0.39 is 16.0 Å². The summed E-state index contributed by atoms with van der Waals surface area (Å²) in [5, 5.41) is 9.86. The van der Waals surface area contributed by atoms with Crippen LogP contribution in [0.15, 0.2) is 60.1 Å². The van der Waals surface area contributed by atoms with E-state index in [1.54, 1.807) is 36.4 Å². The van der Waals surface area contributed by atoms with Crippen molar-refractivity contribution in [1.82, 2.24) is 3.97 Å². The molecule has 1 aromatic heterocycles. The molecule has 6 heteroatoms. The summed E-state index contributed by atoms with van der Waals surface area (Å²) in [6.45, 7) is 5.55. The van der Waals surface area contributed by atoms with Crippen LogP contribution in [0.5, 0.6) is 0 Å². The Morgan fingerprint density at radius 2 is 1.88 bits per heavy atom. The Morgan fingerprint density at radius 1 is 1.20 bits per heavy atom. The lowest BCUT2D eigenvalue weighted by Crippen LogP contribution is -2.13. The predicted octanol–water partition coefficient (Wildman–Crippen LogP) is 3.78. The first-order valence-corrected chi connectivity index (χ1v) is 9.18. The molecular weight excluding hydrogens is 338 g/mol. The second-order valence-corrected chi connectivity index (χ2v) is 7.40. The fraction of sp³-hybridized carbons (Fsp3) is 0.105. The van der Waals surface area contributed by atoms with E-state index in [1.807, 2.05) is 6.92 Å². The van der Waals surface area contributed by atoms with Crippen molar-refractivity contribution in [2.75, 3.05) is 0 Å². The van der Waals surface area contributed by atoms with Crippen molar-refractivity contribution in [1.29, 1.82) is 0 Å². The summed E-state index contributed by atoms with van der Waals surface area (Å²) in [7, 11) is -3.92. The smallest absolute Gasteiger partial charge is 0.337 e. The highest BCUT2D eigenvalue weighted by atomic mass is 32.2. The second kappa shape index (κ2) is 6.22. The molecule has 0 aliphatic carbocycles. The van der Waals surface area contributed by atoms with Crippen LogP contribution >= 0.6 is 0 Å². The highest BCUT2D eigenvalue weighted by molar-refractivity contribution is 7.90. The van der Waals surface area contributed by atoms with Crippen LogP contribution in [0.4, 0.5) is 0 Å². The van der Waals surface area contributed by atoms with Crippen LogP contribution in [0.2, 0.25) is 0 Å². The van der Waals surface area contributed by atoms with Gasteiger partial charge in [0.2, 0.25) is 0 Å². The molecule has 0 fully saturated rings. The SMILES string of the molecule is C=Cc1ccc(S(=O)(=O)n2cc(C(=O)O)c3cccc(CC)c32)cc1. The minimum absolute atomic E-state index is 0.0309. The molecular formula is C19H17NO4S. The molecule has 2 aromatic carbocycles. The van der Waals surface area contributed by atoms with Crippen molar-refractivity contribution < 1.29 is 18.3 Å². The van der Waals surface area contributed by atoms with E-state index in [1.165, 1.54) is 18.3 Å². The lowest BCUT2D eigenvalue weighted by Gasteiger charge is -2.10. The molecule has 128 valence electrons. The average Bonchev–Trinajstić information content (AvgIpc) is 3.02. The topological polar surface area (TPSA) is 76.4 Å². The van der Waals surface area contributed by atoms with Gasteiger partial charge in [-0.25, -0.2) is 17.2 Å². The molecule has 5 nitrogen and oxygen atoms in total. The standard InChI is InChI=1S/C19H17NO4S/c1-3-13-8-10-15(11-9-13)25(23,24)20-12-17(19(21)22)16-7-5-6-14(4-2)18(16)20/h3,5-12H,1,4H2,2H3,(H,21,22). The molecule has 0 saturated heterocycles. The van der Waals surface area contributed by atoms with Crippen molar-refractivity contribution in [3.8, 4) is 0 Å². The first-order valence-electron chi connectivity index (χ1n) is 7.74. The fourth-order valence-corrected chi connectivity index (χ4v) is 4.26. The zero-order valence-electron chi connectivity index (χ0n) is 13.6. The molecule has 3 aromatic rings. The van der Waals surface area contributed by atoms with Gasteiger partial charge in [0.1, 0.15) is 0 Å². The summed E-state index contributed by atoms with van der Waals surface area (Å²) in [6.07, 6.45) is 3.40. The van der Waals surface area contributed by atoms with Crippen molar-refractivity contribution in [2.24, 2.45) is 0 Å². The van der Waals surface area contributed by atoms with Crippen LogP contribution in [0.3, 0.4) is 0 Å². The fourth-order valence-electron chi connectivity index (χ4n) is 2.86. The van der Waals surface area contributed by atoms with Gasteiger partial charge >= 0.3 is 5.97 Å². The number of carboxylic acid groups (broad SMARTS) is 1. The zero-order valence-corrected chi connectivity index (χ0v) is 14.5. The van der Waals surface area contributed by atoms with E-state index in [-0.39, 0.29) is 10.5 Å². The van der Waals surface area contributed by atoms with Crippen molar-refractivity contribution in [3.63, 3.8) is 0 Å². The lowest BCUT2D eigenvalue weighted by atomic mass is 10.1. The van der Waals surface area contributed by atoms with Gasteiger partial charge in [-0.05, 0) is 29.7 Å². The maximum Gasteiger partial charge on any atom is 0.337 e. The van der Waals surface area contributed by atoms with Crippen LogP contribution in [0.25, 0.3) is 17.0 Å². The number of fused-ring (bicyclic) bond motifs is 1. The normalized spacial score (nSPS) is 11.6. The minimum Gasteiger partial charge on any atom is -0.478 e. The van der Waals surface area contributed by atoms with E-state index in [2.05, 4.69) is 6.58 Å². The van der Waals surface area contributed by atoms with E-state index in [0.717, 1.165) is 15.1 Å². The summed E-state index contributed by atoms with van der Waals surface area (Å²) in [4.78, 5) is 11.7. The van der Waals surface area contributed by atoms with Gasteiger partial charge < -0.3 is 5.11 Å². The monoisotopic (exact) mass is 355 g/mol. The van der Waals surface area contributed by atoms with E-state index in [4.69, 9.17) is 0 Å². The van der Waals surface area contributed by atoms with E-state index in [0.29, 0.717) is 17.3 Å². The molecule has 0 radical (unpaired) electrons. The van der Waals surface area contributed by atoms with Crippen LogP contribution in [-0.2, 0) is 16.4 Å². The van der Waals surface area contributed by atoms with Crippen LogP contribution in [0.1, 0.15) is 28.4 Å². The summed E-state index contributed by atoms with van der Waals surface area (Å²) < 4.78 is 27.3. The number of para-hydroxylation sites is 1. The van der Waals surface area contributed by atoms with Gasteiger partial charge in [0, 0.05) is 11.6 Å². The number of aromatic carboxylic acids is 1. The number of hydrogen-bond acceptors (Lipinski definition) is 3. The molecule has 1 N–H and O–H groups in total. The first kappa shape index (κ1) is 17.0. The Kier molecular flexibility index (Phi) is 4.22. The van der Waals surface area contributed by atoms with Crippen LogP contribution < -0.4 is 0 Å². The summed E-state index contributed by atoms with van der Waals surface area (Å²) >= 11 is 0. The van der Waals surface area contributed by atoms with Gasteiger partial charge in [0.15, 0.2) is 0 Å². The molecule has 1 heterocycles. The Morgan fingerprint density at radius 3 is 2.44 bits per heavy atom. The maximum absolute atomic E-state index is 13.1. The Bertz CT molecular complexity index is 1080. The number of carbonyl (C=O) groups is 1. The Hall–Kier alpha value is -2.86. The Balaban J connectivity index is 2.33. The number of rotatable bonds is 5. The first-order chi connectivity index (χ1) is 11.9. The van der Waals surface area contributed by atoms with Crippen LogP contribution in [-0.4, -0.2) is 23.5 Å². The highest BCUT2D eigenvalue weighted by Crippen LogP contribution is 2.29. The summed E-state index contributed by atoms with van der Waals surface area (Å²) in [5.74, 6) is -1.16. The van der Waals surface area contributed by atoms with Gasteiger partial charge in [0.25, 0.3) is 10.0 Å². The lowest BCUT2D eigenvalue weighted by molar-refractivity contribution is 0.0699. The number of aryl methyl sites for hydroxylation is 1. The molecule has 0 bridgehead atoms. The van der Waals surface area contributed by atoms with Crippen molar-refractivity contribution in [2.45, 2.75) is 18.2 Å². The third kappa shape index (κ3) is 2.74. The molecule has 0 saturated carbocycles. The van der Waals surface area contributed by atoms with Gasteiger partial charge in [-0.3, -0.25) is 0 Å². The number of carboxylic acids is 1. The number of nitrogens with zero attached hydrogens (tertiary/aromatic N) is 1. The van der Waals surface area contributed by atoms with Crippen LogP contribution in [0, 0.1) is 0 Å². The molecule has 0 atom stereocenters. The van der Waals surface area contributed by atoms with Gasteiger partial charge in [-0.1, -0.05) is 49.9 Å². The number of aromatic nitrogens is 1. The molecule has 3 rings (SSSR count). The molecule has 0 aliphatic heterocycles. The summed E-state index contributed by atoms with van der Waals surface area (Å²) in [5.41, 5.74) is 1.96. The maximum atomic E-state index is 13.1. The molecule has 0 spiro atoms. The number of benzene rings is 2.